The lowest BCUT2D eigenvalue weighted by molar-refractivity contribution is -0.00501. The number of halogens is 1. The summed E-state index contributed by atoms with van der Waals surface area (Å²) in [5.74, 6) is 9.71. The smallest absolute Gasteiger partial charge is 0.257 e. The number of rotatable bonds is 2. The van der Waals surface area contributed by atoms with E-state index in [1.54, 1.807) is 0 Å². The molecule has 4 fully saturated rings. The monoisotopic (exact) mass is 267 g/mol. The summed E-state index contributed by atoms with van der Waals surface area (Å²) in [7, 11) is 0. The molecule has 18 heavy (non-hydrogen) atoms. The zero-order valence-electron chi connectivity index (χ0n) is 10.2. The lowest BCUT2D eigenvalue weighted by Crippen LogP contribution is -2.43. The first-order chi connectivity index (χ1) is 8.76. The SMILES string of the molecule is NNc1onc(C2C3CC4CC(C3)CC2C4)c1Cl. The number of hydrazine groups is 1. The minimum absolute atomic E-state index is 0.403. The third-order valence-electron chi connectivity index (χ3n) is 5.33. The van der Waals surface area contributed by atoms with Crippen LogP contribution < -0.4 is 11.3 Å². The molecule has 4 aliphatic carbocycles. The second-order valence-corrected chi connectivity index (χ2v) is 6.69. The summed E-state index contributed by atoms with van der Waals surface area (Å²) in [6, 6.07) is 0. The lowest BCUT2D eigenvalue weighted by Gasteiger charge is -2.53. The number of nitrogens with one attached hydrogen (secondary N) is 1. The van der Waals surface area contributed by atoms with Gasteiger partial charge in [-0.25, -0.2) is 5.84 Å². The van der Waals surface area contributed by atoms with Gasteiger partial charge in [0.15, 0.2) is 0 Å². The van der Waals surface area contributed by atoms with Gasteiger partial charge in [-0.2, -0.15) is 0 Å². The van der Waals surface area contributed by atoms with E-state index in [1.807, 2.05) is 0 Å². The van der Waals surface area contributed by atoms with Gasteiger partial charge in [0, 0.05) is 5.92 Å². The highest BCUT2D eigenvalue weighted by Crippen LogP contribution is 2.60. The molecule has 4 nitrogen and oxygen atoms in total. The summed E-state index contributed by atoms with van der Waals surface area (Å²) in [5, 5.41) is 4.78. The lowest BCUT2D eigenvalue weighted by atomic mass is 9.51. The average molecular weight is 268 g/mol. The van der Waals surface area contributed by atoms with Gasteiger partial charge >= 0.3 is 0 Å². The van der Waals surface area contributed by atoms with Crippen molar-refractivity contribution < 1.29 is 4.52 Å². The van der Waals surface area contributed by atoms with Gasteiger partial charge in [0.05, 0.1) is 0 Å². The van der Waals surface area contributed by atoms with Gasteiger partial charge in [-0.1, -0.05) is 16.8 Å². The highest BCUT2D eigenvalue weighted by Gasteiger charge is 2.50. The Morgan fingerprint density at radius 1 is 1.11 bits per heavy atom. The van der Waals surface area contributed by atoms with Gasteiger partial charge in [0.2, 0.25) is 0 Å². The third kappa shape index (κ3) is 1.45. The Bertz CT molecular complexity index is 445. The molecule has 1 heterocycles. The molecule has 3 N–H and O–H groups in total. The van der Waals surface area contributed by atoms with E-state index in [1.165, 1.54) is 32.1 Å². The first-order valence-electron chi connectivity index (χ1n) is 6.88. The van der Waals surface area contributed by atoms with Crippen molar-refractivity contribution in [1.82, 2.24) is 5.16 Å². The van der Waals surface area contributed by atoms with Gasteiger partial charge in [0.25, 0.3) is 5.88 Å². The fourth-order valence-electron chi connectivity index (χ4n) is 4.96. The Balaban J connectivity index is 1.70. The molecule has 4 saturated carbocycles. The minimum atomic E-state index is 0.403. The molecule has 98 valence electrons. The molecule has 4 bridgehead atoms. The van der Waals surface area contributed by atoms with Gasteiger partial charge < -0.3 is 4.52 Å². The highest BCUT2D eigenvalue weighted by atomic mass is 35.5. The second-order valence-electron chi connectivity index (χ2n) is 6.31. The molecule has 4 aliphatic rings. The molecule has 0 aromatic carbocycles. The fourth-order valence-corrected chi connectivity index (χ4v) is 5.21. The van der Waals surface area contributed by atoms with Crippen molar-refractivity contribution in [2.45, 2.75) is 38.0 Å². The van der Waals surface area contributed by atoms with E-state index < -0.39 is 0 Å². The Hall–Kier alpha value is -0.740. The summed E-state index contributed by atoms with van der Waals surface area (Å²) in [5.41, 5.74) is 3.42. The van der Waals surface area contributed by atoms with E-state index in [9.17, 15) is 0 Å². The first kappa shape index (κ1) is 11.1. The van der Waals surface area contributed by atoms with Crippen LogP contribution in [0, 0.1) is 23.7 Å². The van der Waals surface area contributed by atoms with Crippen LogP contribution in [0.1, 0.15) is 43.7 Å². The largest absolute Gasteiger partial charge is 0.336 e. The van der Waals surface area contributed by atoms with Gasteiger partial charge in [0.1, 0.15) is 10.7 Å². The van der Waals surface area contributed by atoms with Gasteiger partial charge in [-0.3, -0.25) is 5.43 Å². The molecule has 0 amide bonds. The Kier molecular flexibility index (Phi) is 2.39. The first-order valence-corrected chi connectivity index (χ1v) is 7.25. The summed E-state index contributed by atoms with van der Waals surface area (Å²) < 4.78 is 5.18. The molecule has 0 atom stereocenters. The van der Waals surface area contributed by atoms with E-state index in [-0.39, 0.29) is 0 Å². The van der Waals surface area contributed by atoms with Crippen molar-refractivity contribution in [3.63, 3.8) is 0 Å². The van der Waals surface area contributed by atoms with Crippen LogP contribution in [0.4, 0.5) is 5.88 Å². The Morgan fingerprint density at radius 3 is 2.22 bits per heavy atom. The molecular formula is C13H18ClN3O. The maximum absolute atomic E-state index is 6.32. The van der Waals surface area contributed by atoms with E-state index in [4.69, 9.17) is 22.0 Å². The van der Waals surface area contributed by atoms with Crippen molar-refractivity contribution >= 4 is 17.5 Å². The van der Waals surface area contributed by atoms with Crippen molar-refractivity contribution in [3.05, 3.63) is 10.7 Å². The van der Waals surface area contributed by atoms with Crippen LogP contribution in [-0.2, 0) is 0 Å². The molecule has 1 aromatic heterocycles. The van der Waals surface area contributed by atoms with E-state index in [0.717, 1.165) is 29.4 Å². The number of hydrogen-bond donors (Lipinski definition) is 2. The van der Waals surface area contributed by atoms with Crippen LogP contribution >= 0.6 is 11.6 Å². The number of aromatic nitrogens is 1. The second kappa shape index (κ2) is 3.87. The van der Waals surface area contributed by atoms with Gasteiger partial charge in [-0.15, -0.1) is 0 Å². The number of nitrogen functional groups attached to an aromatic ring is 1. The summed E-state index contributed by atoms with van der Waals surface area (Å²) in [6.07, 6.45) is 6.87. The van der Waals surface area contributed by atoms with Gasteiger partial charge in [-0.05, 0) is 55.8 Å². The average Bonchev–Trinajstić information content (AvgIpc) is 2.70. The van der Waals surface area contributed by atoms with Crippen LogP contribution in [0.15, 0.2) is 4.52 Å². The normalized spacial score (nSPS) is 41.3. The number of hydrogen-bond acceptors (Lipinski definition) is 4. The van der Waals surface area contributed by atoms with Crippen LogP contribution in [0.5, 0.6) is 0 Å². The van der Waals surface area contributed by atoms with E-state index in [0.29, 0.717) is 16.8 Å². The third-order valence-corrected chi connectivity index (χ3v) is 5.70. The fraction of sp³-hybridized carbons (Fsp3) is 0.769. The van der Waals surface area contributed by atoms with Crippen molar-refractivity contribution in [1.29, 1.82) is 0 Å². The molecule has 5 rings (SSSR count). The van der Waals surface area contributed by atoms with Crippen molar-refractivity contribution in [3.8, 4) is 0 Å². The Morgan fingerprint density at radius 2 is 1.72 bits per heavy atom. The summed E-state index contributed by atoms with van der Waals surface area (Å²) in [4.78, 5) is 0. The van der Waals surface area contributed by atoms with E-state index >= 15 is 0 Å². The van der Waals surface area contributed by atoms with Crippen LogP contribution in [0.2, 0.25) is 5.02 Å². The molecule has 0 unspecified atom stereocenters. The standard InChI is InChI=1S/C13H18ClN3O/c14-11-12(17-18-13(11)16-15)10-8-2-6-1-7(4-8)5-9(10)3-6/h6-10,16H,1-5,15H2. The maximum atomic E-state index is 6.32. The van der Waals surface area contributed by atoms with Crippen molar-refractivity contribution in [2.24, 2.45) is 29.5 Å². The van der Waals surface area contributed by atoms with Crippen molar-refractivity contribution in [2.75, 3.05) is 5.43 Å². The number of nitrogens with zero attached hydrogens (tertiary/aromatic N) is 1. The van der Waals surface area contributed by atoms with Crippen LogP contribution in [0.25, 0.3) is 0 Å². The molecule has 5 heteroatoms. The molecule has 0 saturated heterocycles. The predicted molar refractivity (Wildman–Crippen MR) is 69.1 cm³/mol. The Labute approximate surface area is 111 Å². The van der Waals surface area contributed by atoms with E-state index in [2.05, 4.69) is 10.6 Å². The number of anilines is 1. The molecule has 0 aliphatic heterocycles. The molecule has 1 aromatic rings. The molecule has 0 radical (unpaired) electrons. The summed E-state index contributed by atoms with van der Waals surface area (Å²) >= 11 is 6.32. The topological polar surface area (TPSA) is 64.1 Å². The quantitative estimate of drug-likeness (QED) is 0.638. The molecular weight excluding hydrogens is 250 g/mol. The zero-order valence-corrected chi connectivity index (χ0v) is 11.0. The maximum Gasteiger partial charge on any atom is 0.257 e. The van der Waals surface area contributed by atoms with Crippen LogP contribution in [0.3, 0.4) is 0 Å². The predicted octanol–water partition coefficient (Wildman–Crippen LogP) is 3.15. The summed E-state index contributed by atoms with van der Waals surface area (Å²) in [6.45, 7) is 0. The van der Waals surface area contributed by atoms with Crippen LogP contribution in [-0.4, -0.2) is 5.16 Å². The highest BCUT2D eigenvalue weighted by molar-refractivity contribution is 6.33. The zero-order chi connectivity index (χ0) is 12.3. The minimum Gasteiger partial charge on any atom is -0.336 e. The number of nitrogens with two attached hydrogens (primary N) is 1. The molecule has 0 spiro atoms.